The third kappa shape index (κ3) is 2.58. The minimum Gasteiger partial charge on any atom is -0.497 e. The zero-order valence-corrected chi connectivity index (χ0v) is 9.76. The van der Waals surface area contributed by atoms with Gasteiger partial charge in [0.2, 0.25) is 0 Å². The van der Waals surface area contributed by atoms with E-state index in [4.69, 9.17) is 9.47 Å². The molecule has 1 aliphatic carbocycles. The Bertz CT molecular complexity index is 402. The molecular weight excluding hydrogens is 220 g/mol. The minimum absolute atomic E-state index is 0.221. The van der Waals surface area contributed by atoms with Crippen LogP contribution in [0.25, 0.3) is 0 Å². The molecule has 0 amide bonds. The third-order valence-corrected chi connectivity index (χ3v) is 3.04. The van der Waals surface area contributed by atoms with E-state index in [1.165, 1.54) is 0 Å². The van der Waals surface area contributed by atoms with Gasteiger partial charge in [-0.1, -0.05) is 0 Å². The Hall–Kier alpha value is -1.55. The van der Waals surface area contributed by atoms with E-state index in [1.54, 1.807) is 25.3 Å². The largest absolute Gasteiger partial charge is 0.497 e. The first-order valence-electron chi connectivity index (χ1n) is 5.72. The molecule has 1 aromatic rings. The van der Waals surface area contributed by atoms with E-state index < -0.39 is 6.10 Å². The minimum atomic E-state index is -0.444. The highest BCUT2D eigenvalue weighted by molar-refractivity contribution is 5.79. The topological polar surface area (TPSA) is 55.8 Å². The van der Waals surface area contributed by atoms with Crippen molar-refractivity contribution in [1.29, 1.82) is 0 Å². The van der Waals surface area contributed by atoms with Crippen LogP contribution in [0.1, 0.15) is 29.6 Å². The van der Waals surface area contributed by atoms with E-state index >= 15 is 0 Å². The van der Waals surface area contributed by atoms with Gasteiger partial charge in [-0.05, 0) is 31.4 Å². The standard InChI is InChI=1S/C13H16O4/c1-16-10-6-5-9(8-14)13(7-10)17-12-4-2-3-11(12)15/h5-8,11-12,15H,2-4H2,1H3. The molecule has 1 aromatic carbocycles. The van der Waals surface area contributed by atoms with Crippen molar-refractivity contribution >= 4 is 6.29 Å². The summed E-state index contributed by atoms with van der Waals surface area (Å²) in [6, 6.07) is 5.04. The van der Waals surface area contributed by atoms with Crippen LogP contribution in [0.5, 0.6) is 11.5 Å². The number of rotatable bonds is 4. The van der Waals surface area contributed by atoms with Crippen LogP contribution >= 0.6 is 0 Å². The predicted molar refractivity (Wildman–Crippen MR) is 62.7 cm³/mol. The van der Waals surface area contributed by atoms with Gasteiger partial charge in [-0.25, -0.2) is 0 Å². The van der Waals surface area contributed by atoms with Crippen molar-refractivity contribution in [2.75, 3.05) is 7.11 Å². The first-order valence-corrected chi connectivity index (χ1v) is 5.72. The summed E-state index contributed by atoms with van der Waals surface area (Å²) in [7, 11) is 1.56. The van der Waals surface area contributed by atoms with Crippen LogP contribution in [0.3, 0.4) is 0 Å². The Morgan fingerprint density at radius 3 is 2.82 bits per heavy atom. The summed E-state index contributed by atoms with van der Waals surface area (Å²) in [6.07, 6.45) is 2.60. The summed E-state index contributed by atoms with van der Waals surface area (Å²) in [5, 5.41) is 9.70. The van der Waals surface area contributed by atoms with Crippen molar-refractivity contribution in [3.63, 3.8) is 0 Å². The predicted octanol–water partition coefficient (Wildman–Crippen LogP) is 1.80. The second-order valence-electron chi connectivity index (χ2n) is 4.18. The van der Waals surface area contributed by atoms with Gasteiger partial charge in [-0.3, -0.25) is 4.79 Å². The fraction of sp³-hybridized carbons (Fsp3) is 0.462. The van der Waals surface area contributed by atoms with Crippen molar-refractivity contribution in [3.05, 3.63) is 23.8 Å². The zero-order valence-electron chi connectivity index (χ0n) is 9.76. The molecule has 1 N–H and O–H groups in total. The number of aliphatic hydroxyl groups excluding tert-OH is 1. The van der Waals surface area contributed by atoms with E-state index in [2.05, 4.69) is 0 Å². The van der Waals surface area contributed by atoms with Crippen molar-refractivity contribution in [3.8, 4) is 11.5 Å². The van der Waals surface area contributed by atoms with Crippen molar-refractivity contribution < 1.29 is 19.4 Å². The fourth-order valence-electron chi connectivity index (χ4n) is 2.05. The van der Waals surface area contributed by atoms with Crippen molar-refractivity contribution in [2.24, 2.45) is 0 Å². The van der Waals surface area contributed by atoms with E-state index in [-0.39, 0.29) is 6.10 Å². The average molecular weight is 236 g/mol. The summed E-state index contributed by atoms with van der Waals surface area (Å²) < 4.78 is 10.8. The number of methoxy groups -OCH3 is 1. The first kappa shape index (κ1) is 11.9. The van der Waals surface area contributed by atoms with Gasteiger partial charge in [-0.2, -0.15) is 0 Å². The molecule has 1 aliphatic rings. The molecule has 0 heterocycles. The van der Waals surface area contributed by atoms with Gasteiger partial charge < -0.3 is 14.6 Å². The van der Waals surface area contributed by atoms with Crippen molar-refractivity contribution in [2.45, 2.75) is 31.5 Å². The lowest BCUT2D eigenvalue weighted by Crippen LogP contribution is -2.26. The Kier molecular flexibility index (Phi) is 3.64. The molecule has 0 aromatic heterocycles. The van der Waals surface area contributed by atoms with Gasteiger partial charge >= 0.3 is 0 Å². The van der Waals surface area contributed by atoms with Gasteiger partial charge in [0, 0.05) is 6.07 Å². The van der Waals surface area contributed by atoms with Gasteiger partial charge in [0.05, 0.1) is 18.8 Å². The number of carbonyl (C=O) groups excluding carboxylic acids is 1. The second kappa shape index (κ2) is 5.19. The number of aldehydes is 1. The van der Waals surface area contributed by atoms with E-state index in [0.717, 1.165) is 25.5 Å². The Balaban J connectivity index is 2.20. The molecule has 0 spiro atoms. The maximum Gasteiger partial charge on any atom is 0.153 e. The summed E-state index contributed by atoms with van der Waals surface area (Å²) in [5.41, 5.74) is 0.477. The summed E-state index contributed by atoms with van der Waals surface area (Å²) >= 11 is 0. The number of aliphatic hydroxyl groups is 1. The summed E-state index contributed by atoms with van der Waals surface area (Å²) in [5.74, 6) is 1.11. The molecule has 1 fully saturated rings. The SMILES string of the molecule is COc1ccc(C=O)c(OC2CCCC2O)c1. The Morgan fingerprint density at radius 1 is 1.41 bits per heavy atom. The Labute approximate surface area is 100 Å². The maximum atomic E-state index is 10.9. The third-order valence-electron chi connectivity index (χ3n) is 3.04. The van der Waals surface area contributed by atoms with Gasteiger partial charge in [0.1, 0.15) is 17.6 Å². The highest BCUT2D eigenvalue weighted by atomic mass is 16.5. The monoisotopic (exact) mass is 236 g/mol. The van der Waals surface area contributed by atoms with Crippen LogP contribution in [-0.2, 0) is 0 Å². The smallest absolute Gasteiger partial charge is 0.153 e. The number of ether oxygens (including phenoxy) is 2. The number of hydrogen-bond acceptors (Lipinski definition) is 4. The van der Waals surface area contributed by atoms with E-state index in [0.29, 0.717) is 17.1 Å². The molecular formula is C13H16O4. The van der Waals surface area contributed by atoms with Crippen LogP contribution in [0, 0.1) is 0 Å². The Morgan fingerprint density at radius 2 is 2.24 bits per heavy atom. The summed E-state index contributed by atoms with van der Waals surface area (Å²) in [6.45, 7) is 0. The molecule has 92 valence electrons. The van der Waals surface area contributed by atoms with Crippen LogP contribution in [0.15, 0.2) is 18.2 Å². The second-order valence-corrected chi connectivity index (χ2v) is 4.18. The molecule has 0 radical (unpaired) electrons. The molecule has 0 bridgehead atoms. The van der Waals surface area contributed by atoms with Gasteiger partial charge in [0.25, 0.3) is 0 Å². The average Bonchev–Trinajstić information content (AvgIpc) is 2.75. The van der Waals surface area contributed by atoms with Crippen LogP contribution in [0.4, 0.5) is 0 Å². The number of hydrogen-bond donors (Lipinski definition) is 1. The molecule has 2 unspecified atom stereocenters. The quantitative estimate of drug-likeness (QED) is 0.810. The molecule has 0 saturated heterocycles. The highest BCUT2D eigenvalue weighted by Gasteiger charge is 2.27. The lowest BCUT2D eigenvalue weighted by Gasteiger charge is -2.18. The van der Waals surface area contributed by atoms with E-state index in [1.807, 2.05) is 0 Å². The van der Waals surface area contributed by atoms with Crippen LogP contribution in [-0.4, -0.2) is 30.7 Å². The van der Waals surface area contributed by atoms with Crippen molar-refractivity contribution in [1.82, 2.24) is 0 Å². The molecule has 17 heavy (non-hydrogen) atoms. The molecule has 4 nitrogen and oxygen atoms in total. The lowest BCUT2D eigenvalue weighted by atomic mass is 10.2. The number of carbonyl (C=O) groups is 1. The summed E-state index contributed by atoms with van der Waals surface area (Å²) in [4.78, 5) is 10.9. The molecule has 1 saturated carbocycles. The fourth-order valence-corrected chi connectivity index (χ4v) is 2.05. The molecule has 2 rings (SSSR count). The van der Waals surface area contributed by atoms with E-state index in [9.17, 15) is 9.90 Å². The van der Waals surface area contributed by atoms with Crippen LogP contribution in [0.2, 0.25) is 0 Å². The molecule has 2 atom stereocenters. The molecule has 4 heteroatoms. The highest BCUT2D eigenvalue weighted by Crippen LogP contribution is 2.29. The first-order chi connectivity index (χ1) is 8.24. The van der Waals surface area contributed by atoms with Gasteiger partial charge in [0.15, 0.2) is 6.29 Å². The van der Waals surface area contributed by atoms with Gasteiger partial charge in [-0.15, -0.1) is 0 Å². The molecule has 0 aliphatic heterocycles. The number of benzene rings is 1. The normalized spacial score (nSPS) is 23.4. The van der Waals surface area contributed by atoms with Crippen LogP contribution < -0.4 is 9.47 Å². The zero-order chi connectivity index (χ0) is 12.3. The maximum absolute atomic E-state index is 10.9. The lowest BCUT2D eigenvalue weighted by molar-refractivity contribution is 0.0595.